The van der Waals surface area contributed by atoms with Crippen LogP contribution in [0.25, 0.3) is 0 Å². The summed E-state index contributed by atoms with van der Waals surface area (Å²) in [5, 5.41) is 16.4. The number of carboxylic acids is 2. The summed E-state index contributed by atoms with van der Waals surface area (Å²) in [6, 6.07) is 0. The fourth-order valence-electron chi connectivity index (χ4n) is 1.81. The molecule has 0 amide bonds. The first kappa shape index (κ1) is 19.8. The predicted octanol–water partition coefficient (Wildman–Crippen LogP) is 0.204. The second-order valence-electron chi connectivity index (χ2n) is 4.55. The number of rotatable bonds is 4. The van der Waals surface area contributed by atoms with Crippen molar-refractivity contribution in [1.29, 1.82) is 0 Å². The lowest BCUT2D eigenvalue weighted by Crippen LogP contribution is -2.45. The Bertz CT molecular complexity index is 414. The molecule has 9 nitrogen and oxygen atoms in total. The highest BCUT2D eigenvalue weighted by molar-refractivity contribution is 5.77. The minimum absolute atomic E-state index is 0.198. The van der Waals surface area contributed by atoms with Crippen molar-refractivity contribution in [3.8, 4) is 0 Å². The van der Waals surface area contributed by atoms with Crippen molar-refractivity contribution in [1.82, 2.24) is 0 Å². The third kappa shape index (κ3) is 8.90. The predicted molar refractivity (Wildman–Crippen MR) is 71.0 cm³/mol. The Morgan fingerprint density at radius 2 is 1.64 bits per heavy atom. The molecule has 0 aromatic carbocycles. The second kappa shape index (κ2) is 9.72. The molecule has 126 valence electrons. The van der Waals surface area contributed by atoms with Crippen molar-refractivity contribution in [3.05, 3.63) is 0 Å². The zero-order valence-electron chi connectivity index (χ0n) is 12.6. The second-order valence-corrected chi connectivity index (χ2v) is 4.55. The fourth-order valence-corrected chi connectivity index (χ4v) is 1.81. The van der Waals surface area contributed by atoms with Crippen LogP contribution in [0.5, 0.6) is 0 Å². The third-order valence-corrected chi connectivity index (χ3v) is 2.47. The number of ether oxygens (including phenoxy) is 3. The van der Waals surface area contributed by atoms with Crippen LogP contribution in [0.2, 0.25) is 0 Å². The highest BCUT2D eigenvalue weighted by Gasteiger charge is 2.37. The van der Waals surface area contributed by atoms with Crippen LogP contribution in [0.15, 0.2) is 0 Å². The lowest BCUT2D eigenvalue weighted by atomic mass is 10.0. The van der Waals surface area contributed by atoms with E-state index >= 15 is 0 Å². The van der Waals surface area contributed by atoms with E-state index < -0.39 is 42.2 Å². The van der Waals surface area contributed by atoms with Crippen molar-refractivity contribution in [2.75, 3.05) is 6.61 Å². The Balaban J connectivity index is 0.000000980. The van der Waals surface area contributed by atoms with Crippen LogP contribution in [0.3, 0.4) is 0 Å². The molecule has 0 aromatic heterocycles. The summed E-state index contributed by atoms with van der Waals surface area (Å²) in [5.74, 6) is -3.24. The average Bonchev–Trinajstić information content (AvgIpc) is 2.34. The van der Waals surface area contributed by atoms with Crippen LogP contribution in [0.4, 0.5) is 0 Å². The highest BCUT2D eigenvalue weighted by Crippen LogP contribution is 2.21. The molecule has 0 aliphatic carbocycles. The molecule has 1 aliphatic heterocycles. The van der Waals surface area contributed by atoms with E-state index in [-0.39, 0.29) is 13.0 Å². The summed E-state index contributed by atoms with van der Waals surface area (Å²) in [6.45, 7) is 3.75. The van der Waals surface area contributed by atoms with E-state index in [0.29, 0.717) is 6.42 Å². The van der Waals surface area contributed by atoms with Gasteiger partial charge in [0, 0.05) is 33.6 Å². The van der Waals surface area contributed by atoms with Crippen LogP contribution in [-0.4, -0.2) is 59.0 Å². The molecule has 3 unspecified atom stereocenters. The molecular formula is C13H20O9. The van der Waals surface area contributed by atoms with Gasteiger partial charge in [-0.1, -0.05) is 0 Å². The first-order valence-electron chi connectivity index (χ1n) is 6.51. The first-order chi connectivity index (χ1) is 10.1. The summed E-state index contributed by atoms with van der Waals surface area (Å²) in [7, 11) is 0. The molecule has 3 atom stereocenters. The van der Waals surface area contributed by atoms with E-state index in [1.54, 1.807) is 0 Å². The van der Waals surface area contributed by atoms with Crippen molar-refractivity contribution in [3.63, 3.8) is 0 Å². The maximum atomic E-state index is 11.0. The zero-order valence-corrected chi connectivity index (χ0v) is 12.6. The number of hydrogen-bond donors (Lipinski definition) is 2. The molecule has 1 heterocycles. The molecular weight excluding hydrogens is 300 g/mol. The van der Waals surface area contributed by atoms with Crippen LogP contribution < -0.4 is 0 Å². The number of carbonyl (C=O) groups excluding carboxylic acids is 2. The monoisotopic (exact) mass is 320 g/mol. The van der Waals surface area contributed by atoms with Crippen molar-refractivity contribution in [2.45, 2.75) is 51.9 Å². The van der Waals surface area contributed by atoms with Gasteiger partial charge in [0.05, 0.1) is 6.61 Å². The van der Waals surface area contributed by atoms with Gasteiger partial charge in [0.25, 0.3) is 5.97 Å². The van der Waals surface area contributed by atoms with Gasteiger partial charge in [-0.25, -0.2) is 4.79 Å². The molecule has 9 heteroatoms. The summed E-state index contributed by atoms with van der Waals surface area (Å²) in [6.07, 6.45) is -1.88. The van der Waals surface area contributed by atoms with Crippen LogP contribution >= 0.6 is 0 Å². The molecule has 1 fully saturated rings. The van der Waals surface area contributed by atoms with Gasteiger partial charge in [-0.2, -0.15) is 0 Å². The Labute approximate surface area is 127 Å². The molecule has 1 aliphatic rings. The van der Waals surface area contributed by atoms with Gasteiger partial charge in [0.1, 0.15) is 12.2 Å². The number of carbonyl (C=O) groups is 4. The highest BCUT2D eigenvalue weighted by atomic mass is 16.6. The molecule has 22 heavy (non-hydrogen) atoms. The van der Waals surface area contributed by atoms with Gasteiger partial charge in [0.15, 0.2) is 0 Å². The summed E-state index contributed by atoms with van der Waals surface area (Å²) < 4.78 is 15.0. The number of aliphatic carboxylic acids is 2. The molecule has 1 saturated heterocycles. The number of esters is 2. The zero-order chi connectivity index (χ0) is 17.3. The standard InChI is InChI=1S/C11H16O7.C2H4O2/c1-6(12)17-8-3-4-16-9(5-8)10(11(14)15)18-7(2)13;1-2(3)4/h8-10H,3-5H2,1-2H3,(H,14,15);1H3,(H,3,4). The minimum Gasteiger partial charge on any atom is -0.481 e. The molecule has 2 N–H and O–H groups in total. The van der Waals surface area contributed by atoms with Crippen molar-refractivity contribution < 1.29 is 43.6 Å². The molecule has 0 saturated carbocycles. The van der Waals surface area contributed by atoms with Crippen LogP contribution in [0.1, 0.15) is 33.6 Å². The molecule has 0 radical (unpaired) electrons. The van der Waals surface area contributed by atoms with E-state index in [9.17, 15) is 14.4 Å². The number of carboxylic acid groups (broad SMARTS) is 2. The van der Waals surface area contributed by atoms with Crippen LogP contribution in [-0.2, 0) is 33.4 Å². The summed E-state index contributed by atoms with van der Waals surface area (Å²) in [4.78, 5) is 41.7. The Morgan fingerprint density at radius 1 is 1.09 bits per heavy atom. The summed E-state index contributed by atoms with van der Waals surface area (Å²) >= 11 is 0. The van der Waals surface area contributed by atoms with Gasteiger partial charge >= 0.3 is 17.9 Å². The quantitative estimate of drug-likeness (QED) is 0.696. The Hall–Kier alpha value is -2.16. The molecule has 0 aromatic rings. The molecule has 1 rings (SSSR count). The smallest absolute Gasteiger partial charge is 0.347 e. The Kier molecular flexibility index (Phi) is 8.76. The maximum Gasteiger partial charge on any atom is 0.347 e. The largest absolute Gasteiger partial charge is 0.481 e. The molecule has 0 bridgehead atoms. The third-order valence-electron chi connectivity index (χ3n) is 2.47. The van der Waals surface area contributed by atoms with E-state index in [0.717, 1.165) is 13.8 Å². The normalized spacial score (nSPS) is 21.6. The number of hydrogen-bond acceptors (Lipinski definition) is 7. The van der Waals surface area contributed by atoms with E-state index in [1.165, 1.54) is 6.92 Å². The Morgan fingerprint density at radius 3 is 2.05 bits per heavy atom. The fraction of sp³-hybridized carbons (Fsp3) is 0.692. The van der Waals surface area contributed by atoms with Crippen molar-refractivity contribution >= 4 is 23.9 Å². The molecule has 0 spiro atoms. The van der Waals surface area contributed by atoms with Crippen molar-refractivity contribution in [2.24, 2.45) is 0 Å². The van der Waals surface area contributed by atoms with Gasteiger partial charge < -0.3 is 24.4 Å². The maximum absolute atomic E-state index is 11.0. The lowest BCUT2D eigenvalue weighted by molar-refractivity contribution is -0.182. The topological polar surface area (TPSA) is 136 Å². The SMILES string of the molecule is CC(=O)O.CC(=O)OC1CCOC(C(OC(C)=O)C(=O)O)C1. The minimum atomic E-state index is -1.37. The van der Waals surface area contributed by atoms with E-state index in [4.69, 9.17) is 29.2 Å². The first-order valence-corrected chi connectivity index (χ1v) is 6.51. The van der Waals surface area contributed by atoms with Gasteiger partial charge in [-0.3, -0.25) is 14.4 Å². The average molecular weight is 320 g/mol. The van der Waals surface area contributed by atoms with Gasteiger partial charge in [0.2, 0.25) is 6.10 Å². The van der Waals surface area contributed by atoms with E-state index in [1.807, 2.05) is 0 Å². The van der Waals surface area contributed by atoms with Gasteiger partial charge in [-0.15, -0.1) is 0 Å². The lowest BCUT2D eigenvalue weighted by Gasteiger charge is -2.31. The summed E-state index contributed by atoms with van der Waals surface area (Å²) in [5.41, 5.74) is 0. The van der Waals surface area contributed by atoms with Gasteiger partial charge in [-0.05, 0) is 0 Å². The van der Waals surface area contributed by atoms with Crippen LogP contribution in [0, 0.1) is 0 Å². The van der Waals surface area contributed by atoms with E-state index in [2.05, 4.69) is 0 Å².